The highest BCUT2D eigenvalue weighted by Crippen LogP contribution is 2.31. The summed E-state index contributed by atoms with van der Waals surface area (Å²) in [5, 5.41) is 3.44. The van der Waals surface area contributed by atoms with Gasteiger partial charge >= 0.3 is 0 Å². The molecule has 0 amide bonds. The predicted molar refractivity (Wildman–Crippen MR) is 82.3 cm³/mol. The summed E-state index contributed by atoms with van der Waals surface area (Å²) >= 11 is 0. The van der Waals surface area contributed by atoms with Crippen LogP contribution in [0, 0.1) is 11.7 Å². The van der Waals surface area contributed by atoms with E-state index in [4.69, 9.17) is 4.52 Å². The number of aromatic nitrogens is 2. The summed E-state index contributed by atoms with van der Waals surface area (Å²) in [5.74, 6) is -0.297. The van der Waals surface area contributed by atoms with Gasteiger partial charge < -0.3 is 4.52 Å². The van der Waals surface area contributed by atoms with Gasteiger partial charge in [0.15, 0.2) is 0 Å². The van der Waals surface area contributed by atoms with E-state index in [0.29, 0.717) is 12.8 Å². The highest BCUT2D eigenvalue weighted by molar-refractivity contribution is 7.90. The fourth-order valence-electron chi connectivity index (χ4n) is 2.24. The van der Waals surface area contributed by atoms with Crippen molar-refractivity contribution in [2.24, 2.45) is 5.92 Å². The van der Waals surface area contributed by atoms with E-state index >= 15 is 0 Å². The second kappa shape index (κ2) is 6.01. The molecule has 2 aromatic rings. The second-order valence-corrected chi connectivity index (χ2v) is 8.01. The Hall–Kier alpha value is -1.80. The number of sulfonamides is 1. The molecule has 1 heterocycles. The largest absolute Gasteiger partial charge is 0.337 e. The van der Waals surface area contributed by atoms with Gasteiger partial charge in [-0.15, -0.1) is 0 Å². The third kappa shape index (κ3) is 3.42. The number of hydrogen-bond donors (Lipinski definition) is 1. The fourth-order valence-corrected chi connectivity index (χ4v) is 3.91. The molecule has 1 aliphatic rings. The Labute approximate surface area is 134 Å². The van der Waals surface area contributed by atoms with Crippen molar-refractivity contribution in [3.05, 3.63) is 36.0 Å². The minimum atomic E-state index is -3.39. The third-order valence-electron chi connectivity index (χ3n) is 3.74. The number of halogens is 1. The number of hydrogen-bond acceptors (Lipinski definition) is 5. The molecule has 124 valence electrons. The van der Waals surface area contributed by atoms with Crippen molar-refractivity contribution in [2.75, 3.05) is 0 Å². The van der Waals surface area contributed by atoms with Crippen LogP contribution in [0.1, 0.15) is 38.6 Å². The molecule has 1 saturated carbocycles. The molecule has 8 heteroatoms. The minimum absolute atomic E-state index is 0.0857. The van der Waals surface area contributed by atoms with Gasteiger partial charge in [0.2, 0.25) is 21.7 Å². The van der Waals surface area contributed by atoms with E-state index < -0.39 is 21.9 Å². The Bertz CT molecular complexity index is 800. The highest BCUT2D eigenvalue weighted by Gasteiger charge is 2.39. The first-order valence-electron chi connectivity index (χ1n) is 7.48. The Kier molecular flexibility index (Phi) is 4.20. The van der Waals surface area contributed by atoms with Crippen LogP contribution in [-0.2, 0) is 10.0 Å². The van der Waals surface area contributed by atoms with Gasteiger partial charge in [-0.25, -0.2) is 17.5 Å². The van der Waals surface area contributed by atoms with Gasteiger partial charge in [0.05, 0.1) is 10.8 Å². The first-order chi connectivity index (χ1) is 10.9. The Morgan fingerprint density at radius 1 is 1.30 bits per heavy atom. The minimum Gasteiger partial charge on any atom is -0.337 e. The molecule has 6 nitrogen and oxygen atoms in total. The monoisotopic (exact) mass is 339 g/mol. The molecule has 0 unspecified atom stereocenters. The molecule has 1 atom stereocenters. The van der Waals surface area contributed by atoms with Crippen LogP contribution in [0.3, 0.4) is 0 Å². The van der Waals surface area contributed by atoms with Crippen LogP contribution < -0.4 is 4.72 Å². The lowest BCUT2D eigenvalue weighted by molar-refractivity contribution is 0.311. The lowest BCUT2D eigenvalue weighted by atomic mass is 10.1. The van der Waals surface area contributed by atoms with E-state index in [1.165, 1.54) is 6.07 Å². The molecule has 0 saturated heterocycles. The first-order valence-corrected chi connectivity index (χ1v) is 9.03. The summed E-state index contributed by atoms with van der Waals surface area (Å²) in [5.41, 5.74) is 0.218. The standard InChI is InChI=1S/C15H18FN3O3S/c1-9(2)13(19-23(20,21)10-7-8-10)15-17-14(18-22-15)11-5-3-4-6-12(11)16/h3-6,9-10,13,19H,7-8H2,1-2H3/t13-/m1/s1. The summed E-state index contributed by atoms with van der Waals surface area (Å²) < 4.78 is 45.9. The molecule has 3 rings (SSSR count). The number of nitrogens with zero attached hydrogens (tertiary/aromatic N) is 2. The Morgan fingerprint density at radius 2 is 2.00 bits per heavy atom. The summed E-state index contributed by atoms with van der Waals surface area (Å²) in [6.07, 6.45) is 1.34. The van der Waals surface area contributed by atoms with Gasteiger partial charge in [-0.1, -0.05) is 31.1 Å². The van der Waals surface area contributed by atoms with Crippen molar-refractivity contribution < 1.29 is 17.3 Å². The fraction of sp³-hybridized carbons (Fsp3) is 0.467. The van der Waals surface area contributed by atoms with E-state index in [-0.39, 0.29) is 28.4 Å². The zero-order valence-corrected chi connectivity index (χ0v) is 13.7. The Balaban J connectivity index is 1.88. The maximum absolute atomic E-state index is 13.8. The van der Waals surface area contributed by atoms with Gasteiger partial charge in [0.25, 0.3) is 0 Å². The number of benzene rings is 1. The maximum Gasteiger partial charge on any atom is 0.245 e. The maximum atomic E-state index is 13.8. The van der Waals surface area contributed by atoms with E-state index in [9.17, 15) is 12.8 Å². The smallest absolute Gasteiger partial charge is 0.245 e. The molecule has 23 heavy (non-hydrogen) atoms. The summed E-state index contributed by atoms with van der Waals surface area (Å²) in [7, 11) is -3.39. The summed E-state index contributed by atoms with van der Waals surface area (Å²) in [4.78, 5) is 4.18. The van der Waals surface area contributed by atoms with E-state index in [1.807, 2.05) is 13.8 Å². The van der Waals surface area contributed by atoms with Gasteiger partial charge in [0, 0.05) is 0 Å². The molecule has 1 aromatic heterocycles. The van der Waals surface area contributed by atoms with E-state index in [0.717, 1.165) is 0 Å². The summed E-state index contributed by atoms with van der Waals surface area (Å²) in [6.45, 7) is 3.71. The van der Waals surface area contributed by atoms with Crippen molar-refractivity contribution >= 4 is 10.0 Å². The van der Waals surface area contributed by atoms with Crippen LogP contribution in [0.2, 0.25) is 0 Å². The van der Waals surface area contributed by atoms with Gasteiger partial charge in [-0.05, 0) is 30.9 Å². The second-order valence-electron chi connectivity index (χ2n) is 6.02. The quantitative estimate of drug-likeness (QED) is 0.874. The summed E-state index contributed by atoms with van der Waals surface area (Å²) in [6, 6.07) is 5.46. The van der Waals surface area contributed by atoms with E-state index in [1.54, 1.807) is 18.2 Å². The van der Waals surface area contributed by atoms with Crippen molar-refractivity contribution in [1.82, 2.24) is 14.9 Å². The van der Waals surface area contributed by atoms with Gasteiger partial charge in [-0.3, -0.25) is 0 Å². The average molecular weight is 339 g/mol. The SMILES string of the molecule is CC(C)[C@@H](NS(=O)(=O)C1CC1)c1nc(-c2ccccc2F)no1. The molecule has 0 aliphatic heterocycles. The molecule has 1 N–H and O–H groups in total. The van der Waals surface area contributed by atoms with Crippen molar-refractivity contribution in [1.29, 1.82) is 0 Å². The van der Waals surface area contributed by atoms with Gasteiger partial charge in [-0.2, -0.15) is 4.98 Å². The van der Waals surface area contributed by atoms with Crippen LogP contribution in [0.5, 0.6) is 0 Å². The molecular formula is C15H18FN3O3S. The molecule has 1 fully saturated rings. The van der Waals surface area contributed by atoms with Crippen molar-refractivity contribution in [3.8, 4) is 11.4 Å². The van der Waals surface area contributed by atoms with Crippen LogP contribution in [-0.4, -0.2) is 23.8 Å². The predicted octanol–water partition coefficient (Wildman–Crippen LogP) is 2.65. The van der Waals surface area contributed by atoms with Crippen LogP contribution in [0.15, 0.2) is 28.8 Å². The van der Waals surface area contributed by atoms with E-state index in [2.05, 4.69) is 14.9 Å². The number of nitrogens with one attached hydrogen (secondary N) is 1. The Morgan fingerprint density at radius 3 is 2.61 bits per heavy atom. The number of rotatable bonds is 6. The lowest BCUT2D eigenvalue weighted by Crippen LogP contribution is -2.34. The average Bonchev–Trinajstić information content (AvgIpc) is 3.25. The molecule has 1 aromatic carbocycles. The molecule has 1 aliphatic carbocycles. The third-order valence-corrected chi connectivity index (χ3v) is 5.68. The van der Waals surface area contributed by atoms with Crippen LogP contribution >= 0.6 is 0 Å². The van der Waals surface area contributed by atoms with Crippen molar-refractivity contribution in [2.45, 2.75) is 38.0 Å². The normalized spacial score (nSPS) is 16.7. The molecule has 0 bridgehead atoms. The topological polar surface area (TPSA) is 85.1 Å². The van der Waals surface area contributed by atoms with Crippen LogP contribution in [0.25, 0.3) is 11.4 Å². The van der Waals surface area contributed by atoms with Gasteiger partial charge in [0.1, 0.15) is 11.9 Å². The first kappa shape index (κ1) is 16.1. The van der Waals surface area contributed by atoms with Crippen LogP contribution in [0.4, 0.5) is 4.39 Å². The lowest BCUT2D eigenvalue weighted by Gasteiger charge is -2.18. The molecular weight excluding hydrogens is 321 g/mol. The molecule has 0 spiro atoms. The zero-order valence-electron chi connectivity index (χ0n) is 12.9. The highest BCUT2D eigenvalue weighted by atomic mass is 32.2. The molecule has 0 radical (unpaired) electrons. The van der Waals surface area contributed by atoms with Crippen molar-refractivity contribution in [3.63, 3.8) is 0 Å². The zero-order chi connectivity index (χ0) is 16.6.